The first kappa shape index (κ1) is 13.9. The van der Waals surface area contributed by atoms with Gasteiger partial charge in [0.25, 0.3) is 0 Å². The molecule has 0 bridgehead atoms. The number of aliphatic carboxylic acids is 1. The van der Waals surface area contributed by atoms with Gasteiger partial charge in [0.2, 0.25) is 0 Å². The van der Waals surface area contributed by atoms with Gasteiger partial charge >= 0.3 is 5.97 Å². The third-order valence-electron chi connectivity index (χ3n) is 4.04. The van der Waals surface area contributed by atoms with Crippen molar-refractivity contribution in [1.29, 1.82) is 0 Å². The van der Waals surface area contributed by atoms with Crippen LogP contribution in [0, 0.1) is 12.8 Å². The van der Waals surface area contributed by atoms with Crippen molar-refractivity contribution in [3.8, 4) is 0 Å². The minimum absolute atomic E-state index is 0.0965. The Morgan fingerprint density at radius 2 is 2.37 bits per heavy atom. The van der Waals surface area contributed by atoms with Crippen molar-refractivity contribution in [1.82, 2.24) is 5.32 Å². The summed E-state index contributed by atoms with van der Waals surface area (Å²) < 4.78 is 0. The monoisotopic (exact) mass is 262 g/mol. The molecule has 1 fully saturated rings. The second-order valence-electron chi connectivity index (χ2n) is 5.33. The lowest BCUT2D eigenvalue weighted by molar-refractivity contribution is -0.145. The highest BCUT2D eigenvalue weighted by Gasteiger charge is 2.46. The molecule has 19 heavy (non-hydrogen) atoms. The molecule has 0 aromatic heterocycles. The van der Waals surface area contributed by atoms with Crippen molar-refractivity contribution < 1.29 is 9.90 Å². The van der Waals surface area contributed by atoms with Gasteiger partial charge in [0.05, 0.1) is 0 Å². The van der Waals surface area contributed by atoms with E-state index in [1.165, 1.54) is 0 Å². The van der Waals surface area contributed by atoms with Crippen LogP contribution < -0.4 is 10.6 Å². The van der Waals surface area contributed by atoms with Crippen LogP contribution in [0.25, 0.3) is 0 Å². The maximum absolute atomic E-state index is 11.8. The van der Waals surface area contributed by atoms with E-state index in [1.54, 1.807) is 0 Å². The molecular formula is C15H22N2O2. The number of hydrogen-bond acceptors (Lipinski definition) is 3. The smallest absolute Gasteiger partial charge is 0.329 e. The molecule has 104 valence electrons. The van der Waals surface area contributed by atoms with E-state index < -0.39 is 11.5 Å². The quantitative estimate of drug-likeness (QED) is 0.779. The van der Waals surface area contributed by atoms with Gasteiger partial charge in [0.1, 0.15) is 5.54 Å². The minimum Gasteiger partial charge on any atom is -0.479 e. The molecule has 0 amide bonds. The number of aryl methyl sites for hydroxylation is 1. The summed E-state index contributed by atoms with van der Waals surface area (Å²) in [4.78, 5) is 11.8. The molecule has 3 N–H and O–H groups in total. The first-order valence-corrected chi connectivity index (χ1v) is 6.87. The molecule has 1 aromatic carbocycles. The van der Waals surface area contributed by atoms with E-state index in [2.05, 4.69) is 10.6 Å². The molecule has 2 atom stereocenters. The highest BCUT2D eigenvalue weighted by molar-refractivity contribution is 5.83. The van der Waals surface area contributed by atoms with E-state index in [-0.39, 0.29) is 5.92 Å². The lowest BCUT2D eigenvalue weighted by atomic mass is 9.76. The van der Waals surface area contributed by atoms with Gasteiger partial charge in [0, 0.05) is 18.2 Å². The summed E-state index contributed by atoms with van der Waals surface area (Å²) in [6.45, 7) is 5.55. The Morgan fingerprint density at radius 1 is 1.58 bits per heavy atom. The van der Waals surface area contributed by atoms with Gasteiger partial charge in [-0.2, -0.15) is 0 Å². The summed E-state index contributed by atoms with van der Waals surface area (Å²) in [7, 11) is 0. The summed E-state index contributed by atoms with van der Waals surface area (Å²) in [5.41, 5.74) is 1.17. The number of piperidine rings is 1. The zero-order valence-electron chi connectivity index (χ0n) is 11.6. The third-order valence-corrected chi connectivity index (χ3v) is 4.04. The second kappa shape index (κ2) is 5.61. The Bertz CT molecular complexity index is 461. The Morgan fingerprint density at radius 3 is 3.00 bits per heavy atom. The van der Waals surface area contributed by atoms with Gasteiger partial charge in [-0.3, -0.25) is 0 Å². The molecule has 0 radical (unpaired) electrons. The molecule has 2 rings (SSSR count). The Kier molecular flexibility index (Phi) is 4.10. The van der Waals surface area contributed by atoms with Crippen molar-refractivity contribution in [2.45, 2.75) is 32.2 Å². The Hall–Kier alpha value is -1.55. The van der Waals surface area contributed by atoms with E-state index in [9.17, 15) is 9.90 Å². The van der Waals surface area contributed by atoms with Gasteiger partial charge in [-0.05, 0) is 44.0 Å². The number of carboxylic acids is 1. The second-order valence-corrected chi connectivity index (χ2v) is 5.33. The van der Waals surface area contributed by atoms with Crippen molar-refractivity contribution in [2.24, 2.45) is 5.92 Å². The molecule has 1 saturated heterocycles. The predicted octanol–water partition coefficient (Wildman–Crippen LogP) is 2.25. The molecule has 0 aliphatic carbocycles. The molecule has 0 spiro atoms. The summed E-state index contributed by atoms with van der Waals surface area (Å²) in [5, 5.41) is 16.3. The highest BCUT2D eigenvalue weighted by Crippen LogP contribution is 2.31. The summed E-state index contributed by atoms with van der Waals surface area (Å²) in [6.07, 6.45) is 1.45. The SMILES string of the molecule is CCC1CNCCC1(Nc1cccc(C)c1)C(=O)O. The Labute approximate surface area is 114 Å². The van der Waals surface area contributed by atoms with Crippen LogP contribution in [-0.4, -0.2) is 29.7 Å². The molecule has 2 unspecified atom stereocenters. The van der Waals surface area contributed by atoms with Gasteiger partial charge in [0.15, 0.2) is 0 Å². The van der Waals surface area contributed by atoms with Crippen molar-refractivity contribution in [3.63, 3.8) is 0 Å². The normalized spacial score (nSPS) is 26.9. The van der Waals surface area contributed by atoms with Gasteiger partial charge in [-0.25, -0.2) is 4.79 Å². The lowest BCUT2D eigenvalue weighted by Crippen LogP contribution is -2.59. The van der Waals surface area contributed by atoms with Crippen LogP contribution in [0.5, 0.6) is 0 Å². The molecule has 1 aliphatic rings. The zero-order valence-corrected chi connectivity index (χ0v) is 11.6. The number of carboxylic acid groups (broad SMARTS) is 1. The van der Waals surface area contributed by atoms with Crippen LogP contribution in [0.4, 0.5) is 5.69 Å². The number of anilines is 1. The number of carbonyl (C=O) groups is 1. The van der Waals surface area contributed by atoms with Crippen molar-refractivity contribution >= 4 is 11.7 Å². The molecule has 0 saturated carbocycles. The van der Waals surface area contributed by atoms with Crippen LogP contribution in [0.3, 0.4) is 0 Å². The molecular weight excluding hydrogens is 240 g/mol. The van der Waals surface area contributed by atoms with Gasteiger partial charge in [-0.1, -0.05) is 19.1 Å². The van der Waals surface area contributed by atoms with Crippen LogP contribution in [0.1, 0.15) is 25.3 Å². The van der Waals surface area contributed by atoms with Crippen LogP contribution >= 0.6 is 0 Å². The fourth-order valence-corrected chi connectivity index (χ4v) is 2.91. The zero-order chi connectivity index (χ0) is 13.9. The van der Waals surface area contributed by atoms with E-state index in [0.717, 1.165) is 30.8 Å². The highest BCUT2D eigenvalue weighted by atomic mass is 16.4. The molecule has 4 heteroatoms. The molecule has 1 aliphatic heterocycles. The summed E-state index contributed by atoms with van der Waals surface area (Å²) in [5.74, 6) is -0.651. The van der Waals surface area contributed by atoms with Crippen LogP contribution in [0.2, 0.25) is 0 Å². The molecule has 4 nitrogen and oxygen atoms in total. The van der Waals surface area contributed by atoms with Crippen LogP contribution in [-0.2, 0) is 4.79 Å². The lowest BCUT2D eigenvalue weighted by Gasteiger charge is -2.42. The van der Waals surface area contributed by atoms with Crippen LogP contribution in [0.15, 0.2) is 24.3 Å². The standard InChI is InChI=1S/C15H22N2O2/c1-3-12-10-16-8-7-15(12,14(18)19)17-13-6-4-5-11(2)9-13/h4-6,9,12,16-17H,3,7-8,10H2,1-2H3,(H,18,19). The number of hydrogen-bond donors (Lipinski definition) is 3. The minimum atomic E-state index is -0.853. The molecule has 1 aromatic rings. The number of rotatable bonds is 4. The van der Waals surface area contributed by atoms with E-state index in [1.807, 2.05) is 38.1 Å². The maximum Gasteiger partial charge on any atom is 0.329 e. The third kappa shape index (κ3) is 2.73. The first-order chi connectivity index (χ1) is 9.08. The number of benzene rings is 1. The predicted molar refractivity (Wildman–Crippen MR) is 76.4 cm³/mol. The van der Waals surface area contributed by atoms with Crippen molar-refractivity contribution in [3.05, 3.63) is 29.8 Å². The maximum atomic E-state index is 11.8. The summed E-state index contributed by atoms with van der Waals surface area (Å²) >= 11 is 0. The average Bonchev–Trinajstić information content (AvgIpc) is 2.39. The van der Waals surface area contributed by atoms with E-state index in [4.69, 9.17) is 0 Å². The summed E-state index contributed by atoms with van der Waals surface area (Å²) in [6, 6.07) is 7.90. The molecule has 1 heterocycles. The Balaban J connectivity index is 2.31. The average molecular weight is 262 g/mol. The number of nitrogens with one attached hydrogen (secondary N) is 2. The van der Waals surface area contributed by atoms with Gasteiger partial charge in [-0.15, -0.1) is 0 Å². The van der Waals surface area contributed by atoms with E-state index in [0.29, 0.717) is 6.42 Å². The fourth-order valence-electron chi connectivity index (χ4n) is 2.91. The van der Waals surface area contributed by atoms with Gasteiger partial charge < -0.3 is 15.7 Å². The topological polar surface area (TPSA) is 61.4 Å². The van der Waals surface area contributed by atoms with Crippen molar-refractivity contribution in [2.75, 3.05) is 18.4 Å². The first-order valence-electron chi connectivity index (χ1n) is 6.87. The largest absolute Gasteiger partial charge is 0.479 e. The fraction of sp³-hybridized carbons (Fsp3) is 0.533. The van der Waals surface area contributed by atoms with E-state index >= 15 is 0 Å².